The topological polar surface area (TPSA) is 66.1 Å². The number of hydrogen-bond donors (Lipinski definition) is 3. The van der Waals surface area contributed by atoms with Crippen LogP contribution in [0.3, 0.4) is 0 Å². The summed E-state index contributed by atoms with van der Waals surface area (Å²) >= 11 is 0. The third kappa shape index (κ3) is 4.93. The van der Waals surface area contributed by atoms with Crippen LogP contribution in [0, 0.1) is 11.6 Å². The van der Waals surface area contributed by atoms with Crippen molar-refractivity contribution in [1.82, 2.24) is 15.6 Å². The van der Waals surface area contributed by atoms with Crippen molar-refractivity contribution < 1.29 is 26.7 Å². The molecular weight excluding hydrogens is 407 g/mol. The SMILES string of the molecule is CNCC1=C(Nc2ccnc(Cc3cc(F)c(C(F)(F)F)c(F)c3)c2)CCNC1=O. The molecule has 0 saturated heterocycles. The lowest BCUT2D eigenvalue weighted by molar-refractivity contribution is -0.142. The number of halogens is 5. The van der Waals surface area contributed by atoms with Crippen LogP contribution in [-0.2, 0) is 17.4 Å². The average molecular weight is 426 g/mol. The number of aromatic nitrogens is 1. The van der Waals surface area contributed by atoms with Gasteiger partial charge in [0.25, 0.3) is 0 Å². The molecule has 0 bridgehead atoms. The normalized spacial score (nSPS) is 14.7. The Morgan fingerprint density at radius 1 is 1.17 bits per heavy atom. The van der Waals surface area contributed by atoms with Crippen molar-refractivity contribution in [3.05, 3.63) is 70.2 Å². The molecule has 10 heteroatoms. The summed E-state index contributed by atoms with van der Waals surface area (Å²) in [5.41, 5.74) is 0.413. The van der Waals surface area contributed by atoms with Gasteiger partial charge >= 0.3 is 6.18 Å². The highest BCUT2D eigenvalue weighted by molar-refractivity contribution is 5.96. The Kier molecular flexibility index (Phi) is 6.35. The number of rotatable bonds is 6. The third-order valence-corrected chi connectivity index (χ3v) is 4.53. The minimum absolute atomic E-state index is 0.0229. The number of likely N-dealkylation sites (N-methyl/N-ethyl adjacent to an activating group) is 1. The van der Waals surface area contributed by atoms with Gasteiger partial charge in [0.2, 0.25) is 5.91 Å². The molecule has 160 valence electrons. The molecule has 0 saturated carbocycles. The fraction of sp³-hybridized carbons (Fsp3) is 0.300. The zero-order valence-electron chi connectivity index (χ0n) is 16.0. The summed E-state index contributed by atoms with van der Waals surface area (Å²) in [6.45, 7) is 0.854. The molecule has 5 nitrogen and oxygen atoms in total. The van der Waals surface area contributed by atoms with Gasteiger partial charge in [0.05, 0.1) is 0 Å². The van der Waals surface area contributed by atoms with Gasteiger partial charge in [0, 0.05) is 54.8 Å². The second-order valence-electron chi connectivity index (χ2n) is 6.76. The molecule has 0 unspecified atom stereocenters. The lowest BCUT2D eigenvalue weighted by atomic mass is 10.0. The van der Waals surface area contributed by atoms with Crippen LogP contribution in [0.5, 0.6) is 0 Å². The van der Waals surface area contributed by atoms with Gasteiger partial charge in [-0.2, -0.15) is 13.2 Å². The van der Waals surface area contributed by atoms with E-state index in [0.717, 1.165) is 5.70 Å². The first-order valence-electron chi connectivity index (χ1n) is 9.11. The summed E-state index contributed by atoms with van der Waals surface area (Å²) in [6.07, 6.45) is -3.12. The van der Waals surface area contributed by atoms with E-state index in [1.165, 1.54) is 6.20 Å². The number of carbonyl (C=O) groups is 1. The van der Waals surface area contributed by atoms with Gasteiger partial charge in [-0.25, -0.2) is 8.78 Å². The standard InChI is InChI=1S/C20H19F5N4O/c1-26-10-14-17(3-5-28-19(14)30)29-12-2-4-27-13(9-12)6-11-7-15(21)18(16(22)8-11)20(23,24)25/h2,4,7-9,26H,3,5-6,10H2,1H3,(H,27,29)(H,28,30). The highest BCUT2D eigenvalue weighted by Crippen LogP contribution is 2.34. The predicted octanol–water partition coefficient (Wildman–Crippen LogP) is 3.37. The van der Waals surface area contributed by atoms with Crippen molar-refractivity contribution in [3.63, 3.8) is 0 Å². The zero-order chi connectivity index (χ0) is 21.9. The fourth-order valence-corrected chi connectivity index (χ4v) is 3.23. The average Bonchev–Trinajstić information content (AvgIpc) is 2.63. The van der Waals surface area contributed by atoms with Gasteiger partial charge in [-0.3, -0.25) is 9.78 Å². The van der Waals surface area contributed by atoms with E-state index in [2.05, 4.69) is 20.9 Å². The number of pyridine rings is 1. The largest absolute Gasteiger partial charge is 0.422 e. The molecule has 2 heterocycles. The van der Waals surface area contributed by atoms with Gasteiger partial charge < -0.3 is 16.0 Å². The minimum Gasteiger partial charge on any atom is -0.358 e. The van der Waals surface area contributed by atoms with Crippen molar-refractivity contribution >= 4 is 11.6 Å². The molecule has 30 heavy (non-hydrogen) atoms. The molecule has 1 aromatic heterocycles. The first kappa shape index (κ1) is 21.7. The van der Waals surface area contributed by atoms with Crippen LogP contribution < -0.4 is 16.0 Å². The van der Waals surface area contributed by atoms with Crippen LogP contribution >= 0.6 is 0 Å². The smallest absolute Gasteiger partial charge is 0.358 e. The second-order valence-corrected chi connectivity index (χ2v) is 6.76. The number of anilines is 1. The lowest BCUT2D eigenvalue weighted by Gasteiger charge is -2.22. The van der Waals surface area contributed by atoms with Crippen LogP contribution in [0.2, 0.25) is 0 Å². The number of nitrogens with zero attached hydrogens (tertiary/aromatic N) is 1. The van der Waals surface area contributed by atoms with E-state index in [1.54, 1.807) is 19.2 Å². The Balaban J connectivity index is 1.83. The van der Waals surface area contributed by atoms with Gasteiger partial charge in [-0.1, -0.05) is 0 Å². The highest BCUT2D eigenvalue weighted by atomic mass is 19.4. The maximum absolute atomic E-state index is 13.8. The molecule has 0 fully saturated rings. The summed E-state index contributed by atoms with van der Waals surface area (Å²) in [6, 6.07) is 4.59. The van der Waals surface area contributed by atoms with Crippen molar-refractivity contribution in [2.75, 3.05) is 25.5 Å². The molecule has 2 aromatic rings. The summed E-state index contributed by atoms with van der Waals surface area (Å²) in [7, 11) is 1.72. The predicted molar refractivity (Wildman–Crippen MR) is 101 cm³/mol. The van der Waals surface area contributed by atoms with Crippen LogP contribution in [-0.4, -0.2) is 31.0 Å². The number of carbonyl (C=O) groups excluding carboxylic acids is 1. The summed E-state index contributed by atoms with van der Waals surface area (Å²) in [4.78, 5) is 16.2. The molecule has 3 N–H and O–H groups in total. The molecule has 3 rings (SSSR count). The Hall–Kier alpha value is -3.01. The van der Waals surface area contributed by atoms with Gasteiger partial charge in [-0.05, 0) is 36.9 Å². The van der Waals surface area contributed by atoms with E-state index >= 15 is 0 Å². The van der Waals surface area contributed by atoms with E-state index in [-0.39, 0.29) is 17.9 Å². The van der Waals surface area contributed by atoms with Crippen molar-refractivity contribution in [1.29, 1.82) is 0 Å². The highest BCUT2D eigenvalue weighted by Gasteiger charge is 2.37. The molecule has 0 spiro atoms. The van der Waals surface area contributed by atoms with E-state index in [4.69, 9.17) is 0 Å². The Bertz CT molecular complexity index is 964. The summed E-state index contributed by atoms with van der Waals surface area (Å²) < 4.78 is 65.8. The third-order valence-electron chi connectivity index (χ3n) is 4.53. The van der Waals surface area contributed by atoms with Crippen LogP contribution in [0.15, 0.2) is 41.7 Å². The number of hydrogen-bond acceptors (Lipinski definition) is 4. The van der Waals surface area contributed by atoms with Crippen LogP contribution in [0.25, 0.3) is 0 Å². The Morgan fingerprint density at radius 2 is 1.87 bits per heavy atom. The van der Waals surface area contributed by atoms with E-state index in [1.807, 2.05) is 0 Å². The Labute approximate surface area is 169 Å². The van der Waals surface area contributed by atoms with E-state index in [0.29, 0.717) is 48.6 Å². The second kappa shape index (κ2) is 8.78. The Morgan fingerprint density at radius 3 is 2.50 bits per heavy atom. The number of nitrogens with one attached hydrogen (secondary N) is 3. The monoisotopic (exact) mass is 426 g/mol. The first-order valence-corrected chi connectivity index (χ1v) is 9.11. The molecule has 1 aliphatic rings. The molecule has 0 atom stereocenters. The summed E-state index contributed by atoms with van der Waals surface area (Å²) in [5, 5.41) is 8.86. The quantitative estimate of drug-likeness (QED) is 0.620. The minimum atomic E-state index is -5.11. The van der Waals surface area contributed by atoms with Gasteiger partial charge in [0.15, 0.2) is 0 Å². The van der Waals surface area contributed by atoms with E-state index < -0.39 is 23.4 Å². The lowest BCUT2D eigenvalue weighted by Crippen LogP contribution is -2.36. The molecule has 1 aliphatic heterocycles. The van der Waals surface area contributed by atoms with Gasteiger partial charge in [0.1, 0.15) is 17.2 Å². The number of benzene rings is 1. The fourth-order valence-electron chi connectivity index (χ4n) is 3.23. The maximum atomic E-state index is 13.8. The first-order chi connectivity index (χ1) is 14.2. The number of amides is 1. The molecule has 1 aromatic carbocycles. The zero-order valence-corrected chi connectivity index (χ0v) is 16.0. The number of alkyl halides is 3. The summed E-state index contributed by atoms with van der Waals surface area (Å²) in [5.74, 6) is -3.51. The van der Waals surface area contributed by atoms with Crippen molar-refractivity contribution in [2.45, 2.75) is 19.0 Å². The molecule has 0 radical (unpaired) electrons. The van der Waals surface area contributed by atoms with Crippen LogP contribution in [0.1, 0.15) is 23.2 Å². The molecule has 1 amide bonds. The van der Waals surface area contributed by atoms with Crippen LogP contribution in [0.4, 0.5) is 27.6 Å². The molecule has 0 aliphatic carbocycles. The van der Waals surface area contributed by atoms with E-state index in [9.17, 15) is 26.7 Å². The van der Waals surface area contributed by atoms with Crippen molar-refractivity contribution in [2.24, 2.45) is 0 Å². The van der Waals surface area contributed by atoms with Gasteiger partial charge in [-0.15, -0.1) is 0 Å². The maximum Gasteiger partial charge on any atom is 0.422 e. The van der Waals surface area contributed by atoms with Crippen molar-refractivity contribution in [3.8, 4) is 0 Å². The molecular formula is C20H19F5N4O.